The molecule has 0 saturated heterocycles. The van der Waals surface area contributed by atoms with Gasteiger partial charge in [0.15, 0.2) is 11.0 Å². The van der Waals surface area contributed by atoms with Crippen molar-refractivity contribution in [3.05, 3.63) is 71.0 Å². The van der Waals surface area contributed by atoms with Crippen LogP contribution in [0.5, 0.6) is 5.75 Å². The average molecular weight is 360 g/mol. The molecular formula is C18H18ClN3OS. The van der Waals surface area contributed by atoms with Gasteiger partial charge >= 0.3 is 0 Å². The summed E-state index contributed by atoms with van der Waals surface area (Å²) in [6.07, 6.45) is 0. The number of rotatable bonds is 7. The lowest BCUT2D eigenvalue weighted by molar-refractivity contribution is 0.288. The number of halogens is 1. The molecule has 3 aromatic rings. The summed E-state index contributed by atoms with van der Waals surface area (Å²) in [6, 6.07) is 17.6. The van der Waals surface area contributed by atoms with Crippen LogP contribution in [0.3, 0.4) is 0 Å². The maximum atomic E-state index is 5.92. The van der Waals surface area contributed by atoms with Gasteiger partial charge in [-0.2, -0.15) is 0 Å². The minimum atomic E-state index is 0.409. The second-order valence-electron chi connectivity index (χ2n) is 5.16. The molecule has 124 valence electrons. The second-order valence-corrected chi connectivity index (χ2v) is 6.54. The quantitative estimate of drug-likeness (QED) is 0.567. The van der Waals surface area contributed by atoms with E-state index < -0.39 is 0 Å². The van der Waals surface area contributed by atoms with E-state index in [1.165, 1.54) is 5.56 Å². The molecule has 24 heavy (non-hydrogen) atoms. The van der Waals surface area contributed by atoms with Crippen LogP contribution >= 0.6 is 23.4 Å². The third-order valence-electron chi connectivity index (χ3n) is 3.50. The molecule has 0 fully saturated rings. The van der Waals surface area contributed by atoms with Crippen molar-refractivity contribution < 1.29 is 4.74 Å². The summed E-state index contributed by atoms with van der Waals surface area (Å²) >= 11 is 7.58. The Morgan fingerprint density at radius 3 is 2.50 bits per heavy atom. The lowest BCUT2D eigenvalue weighted by Gasteiger charge is -2.09. The Balaban J connectivity index is 1.64. The Labute approximate surface area is 150 Å². The molecule has 0 aliphatic carbocycles. The molecule has 0 atom stereocenters. The van der Waals surface area contributed by atoms with Crippen LogP contribution in [0.25, 0.3) is 0 Å². The first-order chi connectivity index (χ1) is 11.8. The summed E-state index contributed by atoms with van der Waals surface area (Å²) in [6.45, 7) is 3.30. The van der Waals surface area contributed by atoms with E-state index in [1.807, 2.05) is 54.6 Å². The highest BCUT2D eigenvalue weighted by Crippen LogP contribution is 2.23. The lowest BCUT2D eigenvalue weighted by atomic mass is 10.2. The molecule has 4 nitrogen and oxygen atoms in total. The van der Waals surface area contributed by atoms with Gasteiger partial charge in [0.1, 0.15) is 12.4 Å². The number of benzene rings is 2. The predicted molar refractivity (Wildman–Crippen MR) is 97.5 cm³/mol. The van der Waals surface area contributed by atoms with Crippen LogP contribution in [-0.2, 0) is 18.9 Å². The molecular weight excluding hydrogens is 342 g/mol. The molecule has 0 amide bonds. The third-order valence-corrected chi connectivity index (χ3v) is 4.79. The standard InChI is InChI=1S/C18H18ClN3OS/c1-2-22-17(12-23-16-6-4-3-5-7-16)20-21-18(22)24-13-14-8-10-15(19)11-9-14/h3-11H,2,12-13H2,1H3. The Morgan fingerprint density at radius 2 is 1.79 bits per heavy atom. The lowest BCUT2D eigenvalue weighted by Crippen LogP contribution is -2.07. The summed E-state index contributed by atoms with van der Waals surface area (Å²) in [5.74, 6) is 2.49. The van der Waals surface area contributed by atoms with Gasteiger partial charge in [-0.3, -0.25) is 0 Å². The monoisotopic (exact) mass is 359 g/mol. The van der Waals surface area contributed by atoms with Crippen molar-refractivity contribution >= 4 is 23.4 Å². The SMILES string of the molecule is CCn1c(COc2ccccc2)nnc1SCc1ccc(Cl)cc1. The largest absolute Gasteiger partial charge is 0.486 e. The van der Waals surface area contributed by atoms with Crippen molar-refractivity contribution in [1.29, 1.82) is 0 Å². The van der Waals surface area contributed by atoms with E-state index in [0.717, 1.165) is 34.1 Å². The molecule has 3 rings (SSSR count). The highest BCUT2D eigenvalue weighted by atomic mass is 35.5. The van der Waals surface area contributed by atoms with Crippen LogP contribution in [0, 0.1) is 0 Å². The van der Waals surface area contributed by atoms with Crippen molar-refractivity contribution in [2.45, 2.75) is 31.0 Å². The summed E-state index contributed by atoms with van der Waals surface area (Å²) in [5, 5.41) is 10.2. The van der Waals surface area contributed by atoms with Gasteiger partial charge in [0, 0.05) is 17.3 Å². The maximum Gasteiger partial charge on any atom is 0.191 e. The van der Waals surface area contributed by atoms with Crippen molar-refractivity contribution in [2.75, 3.05) is 0 Å². The van der Waals surface area contributed by atoms with Crippen molar-refractivity contribution in [3.63, 3.8) is 0 Å². The number of hydrogen-bond acceptors (Lipinski definition) is 4. The van der Waals surface area contributed by atoms with E-state index in [2.05, 4.69) is 21.7 Å². The molecule has 0 spiro atoms. The van der Waals surface area contributed by atoms with Gasteiger partial charge in [0.05, 0.1) is 0 Å². The Bertz CT molecular complexity index is 775. The first kappa shape index (κ1) is 16.9. The number of nitrogens with zero attached hydrogens (tertiary/aromatic N) is 3. The van der Waals surface area contributed by atoms with Crippen LogP contribution in [0.15, 0.2) is 59.8 Å². The first-order valence-electron chi connectivity index (χ1n) is 7.73. The van der Waals surface area contributed by atoms with Gasteiger partial charge in [-0.25, -0.2) is 0 Å². The fraction of sp³-hybridized carbons (Fsp3) is 0.222. The number of ether oxygens (including phenoxy) is 1. The Hall–Kier alpha value is -1.98. The molecule has 0 unspecified atom stereocenters. The molecule has 0 aliphatic rings. The zero-order chi connectivity index (χ0) is 16.8. The van der Waals surface area contributed by atoms with Crippen molar-refractivity contribution in [3.8, 4) is 5.75 Å². The third kappa shape index (κ3) is 4.30. The Morgan fingerprint density at radius 1 is 1.04 bits per heavy atom. The predicted octanol–water partition coefficient (Wildman–Crippen LogP) is 4.82. The fourth-order valence-electron chi connectivity index (χ4n) is 2.24. The molecule has 0 radical (unpaired) electrons. The van der Waals surface area contributed by atoms with Gasteiger partial charge in [-0.1, -0.05) is 53.7 Å². The fourth-order valence-corrected chi connectivity index (χ4v) is 3.35. The normalized spacial score (nSPS) is 10.8. The molecule has 6 heteroatoms. The van der Waals surface area contributed by atoms with Gasteiger partial charge < -0.3 is 9.30 Å². The zero-order valence-electron chi connectivity index (χ0n) is 13.4. The number of aromatic nitrogens is 3. The summed E-state index contributed by atoms with van der Waals surface area (Å²) < 4.78 is 7.86. The molecule has 0 N–H and O–H groups in total. The van der Waals surface area contributed by atoms with Crippen LogP contribution in [0.1, 0.15) is 18.3 Å². The van der Waals surface area contributed by atoms with Crippen LogP contribution < -0.4 is 4.74 Å². The minimum Gasteiger partial charge on any atom is -0.486 e. The van der Waals surface area contributed by atoms with E-state index in [1.54, 1.807) is 11.8 Å². The number of para-hydroxylation sites is 1. The van der Waals surface area contributed by atoms with Gasteiger partial charge in [0.25, 0.3) is 0 Å². The molecule has 0 bridgehead atoms. The van der Waals surface area contributed by atoms with E-state index in [-0.39, 0.29) is 0 Å². The van der Waals surface area contributed by atoms with Gasteiger partial charge in [0.2, 0.25) is 0 Å². The molecule has 0 saturated carbocycles. The Kier molecular flexibility index (Phi) is 5.77. The number of thioether (sulfide) groups is 1. The van der Waals surface area contributed by atoms with Crippen molar-refractivity contribution in [1.82, 2.24) is 14.8 Å². The van der Waals surface area contributed by atoms with E-state index in [9.17, 15) is 0 Å². The molecule has 1 heterocycles. The highest BCUT2D eigenvalue weighted by Gasteiger charge is 2.12. The number of hydrogen-bond donors (Lipinski definition) is 0. The van der Waals surface area contributed by atoms with Crippen LogP contribution in [-0.4, -0.2) is 14.8 Å². The van der Waals surface area contributed by atoms with Crippen LogP contribution in [0.4, 0.5) is 0 Å². The van der Waals surface area contributed by atoms with E-state index >= 15 is 0 Å². The highest BCUT2D eigenvalue weighted by molar-refractivity contribution is 7.98. The van der Waals surface area contributed by atoms with E-state index in [4.69, 9.17) is 16.3 Å². The maximum absolute atomic E-state index is 5.92. The molecule has 1 aromatic heterocycles. The zero-order valence-corrected chi connectivity index (χ0v) is 14.9. The molecule has 2 aromatic carbocycles. The second kappa shape index (κ2) is 8.22. The first-order valence-corrected chi connectivity index (χ1v) is 9.10. The topological polar surface area (TPSA) is 39.9 Å². The van der Waals surface area contributed by atoms with Crippen LogP contribution in [0.2, 0.25) is 5.02 Å². The van der Waals surface area contributed by atoms with Gasteiger partial charge in [-0.05, 0) is 36.8 Å². The molecule has 0 aliphatic heterocycles. The summed E-state index contributed by atoms with van der Waals surface area (Å²) in [5.41, 5.74) is 1.21. The average Bonchev–Trinajstić information content (AvgIpc) is 3.02. The smallest absolute Gasteiger partial charge is 0.191 e. The van der Waals surface area contributed by atoms with Crippen molar-refractivity contribution in [2.24, 2.45) is 0 Å². The summed E-state index contributed by atoms with van der Waals surface area (Å²) in [7, 11) is 0. The van der Waals surface area contributed by atoms with Gasteiger partial charge in [-0.15, -0.1) is 10.2 Å². The van der Waals surface area contributed by atoms with E-state index in [0.29, 0.717) is 6.61 Å². The summed E-state index contributed by atoms with van der Waals surface area (Å²) in [4.78, 5) is 0. The minimum absolute atomic E-state index is 0.409.